The second-order valence-corrected chi connectivity index (χ2v) is 8.83. The number of pyridine rings is 1. The molecule has 2 aromatic heterocycles. The topological polar surface area (TPSA) is 95.6 Å². The van der Waals surface area contributed by atoms with E-state index < -0.39 is 23.8 Å². The summed E-state index contributed by atoms with van der Waals surface area (Å²) in [7, 11) is 0. The zero-order valence-electron chi connectivity index (χ0n) is 18.2. The van der Waals surface area contributed by atoms with Crippen LogP contribution in [0.1, 0.15) is 40.8 Å². The third kappa shape index (κ3) is 4.90. The molecule has 0 amide bonds. The molecule has 180 valence electrons. The number of hydrogen-bond donors (Lipinski definition) is 1. The zero-order chi connectivity index (χ0) is 24.4. The normalized spacial score (nSPS) is 18.1. The first-order chi connectivity index (χ1) is 16.3. The molecule has 3 heterocycles. The van der Waals surface area contributed by atoms with Gasteiger partial charge in [0.25, 0.3) is 5.56 Å². The molecule has 0 spiro atoms. The van der Waals surface area contributed by atoms with Crippen LogP contribution in [0.4, 0.5) is 8.78 Å². The molecule has 4 rings (SSSR count). The Hall–Kier alpha value is -3.05. The molecule has 2 atom stereocenters. The Morgan fingerprint density at radius 3 is 2.85 bits per heavy atom. The van der Waals surface area contributed by atoms with Crippen LogP contribution in [0, 0.1) is 24.5 Å². The molecule has 0 radical (unpaired) electrons. The molecule has 8 nitrogen and oxygen atoms in total. The van der Waals surface area contributed by atoms with Crippen molar-refractivity contribution in [3.63, 3.8) is 0 Å². The lowest BCUT2D eigenvalue weighted by molar-refractivity contribution is -0.0869. The number of nitrogens with zero attached hydrogens (tertiary/aromatic N) is 3. The van der Waals surface area contributed by atoms with Crippen molar-refractivity contribution >= 4 is 21.9 Å². The monoisotopic (exact) mass is 537 g/mol. The fraction of sp³-hybridized carbons (Fsp3) is 0.348. The van der Waals surface area contributed by atoms with Gasteiger partial charge in [-0.15, -0.1) is 0 Å². The molecule has 2 unspecified atom stereocenters. The van der Waals surface area contributed by atoms with Gasteiger partial charge in [0.2, 0.25) is 0 Å². The largest absolute Gasteiger partial charge is 0.487 e. The van der Waals surface area contributed by atoms with Crippen molar-refractivity contribution in [2.24, 2.45) is 5.92 Å². The van der Waals surface area contributed by atoms with Gasteiger partial charge in [0.15, 0.2) is 6.23 Å². The first kappa shape index (κ1) is 24.1. The number of ether oxygens (including phenoxy) is 2. The van der Waals surface area contributed by atoms with E-state index in [-0.39, 0.29) is 46.1 Å². The number of aromatic carboxylic acids is 1. The Bertz CT molecular complexity index is 1280. The quantitative estimate of drug-likeness (QED) is 0.482. The molecule has 1 aromatic carbocycles. The van der Waals surface area contributed by atoms with E-state index in [0.717, 1.165) is 25.0 Å². The summed E-state index contributed by atoms with van der Waals surface area (Å²) in [6.07, 6.45) is 2.26. The maximum absolute atomic E-state index is 13.9. The average molecular weight is 538 g/mol. The van der Waals surface area contributed by atoms with Crippen molar-refractivity contribution < 1.29 is 28.2 Å². The van der Waals surface area contributed by atoms with Gasteiger partial charge >= 0.3 is 5.97 Å². The Labute approximate surface area is 201 Å². The maximum Gasteiger partial charge on any atom is 0.354 e. The second kappa shape index (κ2) is 10.1. The van der Waals surface area contributed by atoms with Gasteiger partial charge < -0.3 is 19.1 Å². The Morgan fingerprint density at radius 1 is 1.32 bits per heavy atom. The molecule has 0 saturated carbocycles. The van der Waals surface area contributed by atoms with E-state index in [1.807, 2.05) is 0 Å². The van der Waals surface area contributed by atoms with E-state index in [0.29, 0.717) is 12.3 Å². The molecular weight excluding hydrogens is 516 g/mol. The summed E-state index contributed by atoms with van der Waals surface area (Å²) in [5.74, 6) is -2.49. The molecule has 34 heavy (non-hydrogen) atoms. The fourth-order valence-electron chi connectivity index (χ4n) is 4.04. The highest BCUT2D eigenvalue weighted by Crippen LogP contribution is 2.32. The number of carbonyl (C=O) groups is 1. The van der Waals surface area contributed by atoms with E-state index in [2.05, 4.69) is 21.0 Å². The highest BCUT2D eigenvalue weighted by molar-refractivity contribution is 9.10. The molecule has 0 aliphatic carbocycles. The van der Waals surface area contributed by atoms with Gasteiger partial charge in [-0.05, 0) is 53.9 Å². The molecule has 3 aromatic rings. The highest BCUT2D eigenvalue weighted by atomic mass is 79.9. The summed E-state index contributed by atoms with van der Waals surface area (Å²) in [5, 5.41) is 13.6. The molecule has 1 fully saturated rings. The van der Waals surface area contributed by atoms with Gasteiger partial charge in [0.05, 0.1) is 0 Å². The molecule has 1 aliphatic rings. The minimum atomic E-state index is -1.11. The zero-order valence-corrected chi connectivity index (χ0v) is 19.8. The molecule has 0 bridgehead atoms. The summed E-state index contributed by atoms with van der Waals surface area (Å²) in [5.41, 5.74) is 0.425. The highest BCUT2D eigenvalue weighted by Gasteiger charge is 2.32. The molecule has 1 saturated heterocycles. The second-order valence-electron chi connectivity index (χ2n) is 8.03. The standard InChI is InChI=1S/C23H22BrF2N3O5/c1-13-9-19(34-12-15-4-5-16(25)10-17(15)26)20(24)21(30)28(13)11-14-3-2-8-33-22(14)29-18(23(31)32)6-7-27-29/h4-7,9-10,14,22H,2-3,8,11-12H2,1H3,(H,31,32). The number of benzene rings is 1. The summed E-state index contributed by atoms with van der Waals surface area (Å²) in [4.78, 5) is 24.7. The maximum atomic E-state index is 13.9. The summed E-state index contributed by atoms with van der Waals surface area (Å²) in [6.45, 7) is 2.31. The summed E-state index contributed by atoms with van der Waals surface area (Å²) < 4.78 is 41.6. The lowest BCUT2D eigenvalue weighted by Gasteiger charge is -2.33. The number of carboxylic acid groups (broad SMARTS) is 1. The van der Waals surface area contributed by atoms with Crippen LogP contribution in [0.15, 0.2) is 45.8 Å². The Morgan fingerprint density at radius 2 is 2.12 bits per heavy atom. The molecule has 11 heteroatoms. The first-order valence-electron chi connectivity index (χ1n) is 10.6. The molecule has 1 N–H and O–H groups in total. The van der Waals surface area contributed by atoms with Crippen LogP contribution < -0.4 is 10.3 Å². The SMILES string of the molecule is Cc1cc(OCc2ccc(F)cc2F)c(Br)c(=O)n1CC1CCCOC1n1nccc1C(=O)O. The van der Waals surface area contributed by atoms with Crippen molar-refractivity contribution in [1.29, 1.82) is 0 Å². The predicted octanol–water partition coefficient (Wildman–Crippen LogP) is 4.30. The van der Waals surface area contributed by atoms with Crippen molar-refractivity contribution in [1.82, 2.24) is 14.3 Å². The van der Waals surface area contributed by atoms with Crippen molar-refractivity contribution in [3.05, 3.63) is 79.9 Å². The molecular formula is C23H22BrF2N3O5. The Kier molecular flexibility index (Phi) is 7.13. The predicted molar refractivity (Wildman–Crippen MR) is 121 cm³/mol. The van der Waals surface area contributed by atoms with Crippen LogP contribution in [0.5, 0.6) is 5.75 Å². The minimum Gasteiger partial charge on any atom is -0.487 e. The number of aromatic nitrogens is 3. The van der Waals surface area contributed by atoms with E-state index in [4.69, 9.17) is 9.47 Å². The number of hydrogen-bond acceptors (Lipinski definition) is 5. The van der Waals surface area contributed by atoms with Crippen molar-refractivity contribution in [3.8, 4) is 5.75 Å². The number of rotatable bonds is 7. The third-order valence-electron chi connectivity index (χ3n) is 5.77. The lowest BCUT2D eigenvalue weighted by atomic mass is 9.98. The van der Waals surface area contributed by atoms with Gasteiger partial charge in [0, 0.05) is 48.7 Å². The van der Waals surface area contributed by atoms with E-state index in [1.165, 1.54) is 23.0 Å². The number of aryl methyl sites for hydroxylation is 1. The van der Waals surface area contributed by atoms with Crippen LogP contribution in [0.25, 0.3) is 0 Å². The smallest absolute Gasteiger partial charge is 0.354 e. The van der Waals surface area contributed by atoms with Crippen LogP contribution in [0.3, 0.4) is 0 Å². The number of halogens is 3. The van der Waals surface area contributed by atoms with E-state index in [1.54, 1.807) is 17.6 Å². The van der Waals surface area contributed by atoms with Crippen molar-refractivity contribution in [2.75, 3.05) is 6.61 Å². The summed E-state index contributed by atoms with van der Waals surface area (Å²) >= 11 is 3.28. The average Bonchev–Trinajstić information content (AvgIpc) is 3.29. The lowest BCUT2D eigenvalue weighted by Crippen LogP contribution is -2.36. The molecule has 1 aliphatic heterocycles. The van der Waals surface area contributed by atoms with Gasteiger partial charge in [-0.1, -0.05) is 0 Å². The van der Waals surface area contributed by atoms with Crippen molar-refractivity contribution in [2.45, 2.75) is 39.1 Å². The number of carboxylic acids is 1. The van der Waals surface area contributed by atoms with Gasteiger partial charge in [0.1, 0.15) is 34.2 Å². The van der Waals surface area contributed by atoms with E-state index in [9.17, 15) is 23.5 Å². The third-order valence-corrected chi connectivity index (χ3v) is 6.50. The van der Waals surface area contributed by atoms with Gasteiger partial charge in [-0.3, -0.25) is 4.79 Å². The minimum absolute atomic E-state index is 0.0129. The summed E-state index contributed by atoms with van der Waals surface area (Å²) in [6, 6.07) is 6.26. The van der Waals surface area contributed by atoms with Crippen LogP contribution in [0.2, 0.25) is 0 Å². The van der Waals surface area contributed by atoms with E-state index >= 15 is 0 Å². The Balaban J connectivity index is 1.57. The first-order valence-corrected chi connectivity index (χ1v) is 11.4. The fourth-order valence-corrected chi connectivity index (χ4v) is 4.49. The van der Waals surface area contributed by atoms with Crippen LogP contribution in [-0.2, 0) is 17.9 Å². The van der Waals surface area contributed by atoms with Crippen LogP contribution in [-0.4, -0.2) is 32.0 Å². The van der Waals surface area contributed by atoms with Crippen LogP contribution >= 0.6 is 15.9 Å². The van der Waals surface area contributed by atoms with Gasteiger partial charge in [-0.2, -0.15) is 5.10 Å². The van der Waals surface area contributed by atoms with Gasteiger partial charge in [-0.25, -0.2) is 18.3 Å².